The Labute approximate surface area is 81.2 Å². The number of allylic oxidation sites excluding steroid dienone is 5. The van der Waals surface area contributed by atoms with Gasteiger partial charge < -0.3 is 5.32 Å². The SMILES string of the molecule is CCCC(C)(C)C1=CC=CC=CN1. The third-order valence-corrected chi connectivity index (χ3v) is 2.42. The van der Waals surface area contributed by atoms with E-state index < -0.39 is 0 Å². The van der Waals surface area contributed by atoms with Crippen LogP contribution in [0.5, 0.6) is 0 Å². The lowest BCUT2D eigenvalue weighted by Crippen LogP contribution is -2.23. The molecule has 0 bridgehead atoms. The highest BCUT2D eigenvalue weighted by Gasteiger charge is 2.21. The minimum atomic E-state index is 0.258. The second-order valence-electron chi connectivity index (χ2n) is 4.10. The largest absolute Gasteiger partial charge is 0.365 e. The summed E-state index contributed by atoms with van der Waals surface area (Å²) < 4.78 is 0. The van der Waals surface area contributed by atoms with E-state index in [4.69, 9.17) is 0 Å². The van der Waals surface area contributed by atoms with Gasteiger partial charge in [0, 0.05) is 17.3 Å². The quantitative estimate of drug-likeness (QED) is 0.697. The maximum atomic E-state index is 3.32. The average Bonchev–Trinajstić information content (AvgIpc) is 2.31. The maximum absolute atomic E-state index is 3.32. The molecule has 1 heteroatoms. The van der Waals surface area contributed by atoms with Crippen LogP contribution in [-0.4, -0.2) is 0 Å². The van der Waals surface area contributed by atoms with Crippen LogP contribution in [0.3, 0.4) is 0 Å². The summed E-state index contributed by atoms with van der Waals surface area (Å²) in [6.07, 6.45) is 12.7. The molecule has 0 amide bonds. The normalized spacial score (nSPS) is 16.4. The molecule has 1 aliphatic heterocycles. The van der Waals surface area contributed by atoms with Crippen LogP contribution in [0, 0.1) is 5.41 Å². The minimum Gasteiger partial charge on any atom is -0.365 e. The van der Waals surface area contributed by atoms with Gasteiger partial charge in [-0.25, -0.2) is 0 Å². The molecule has 0 fully saturated rings. The zero-order chi connectivity index (χ0) is 9.73. The van der Waals surface area contributed by atoms with Crippen LogP contribution in [0.4, 0.5) is 0 Å². The molecule has 1 nitrogen and oxygen atoms in total. The van der Waals surface area contributed by atoms with Crippen LogP contribution in [-0.2, 0) is 0 Å². The Morgan fingerprint density at radius 1 is 1.23 bits per heavy atom. The maximum Gasteiger partial charge on any atom is 0.0203 e. The van der Waals surface area contributed by atoms with E-state index in [1.807, 2.05) is 18.4 Å². The Kier molecular flexibility index (Phi) is 3.35. The van der Waals surface area contributed by atoms with Gasteiger partial charge in [-0.2, -0.15) is 0 Å². The Morgan fingerprint density at radius 3 is 2.69 bits per heavy atom. The van der Waals surface area contributed by atoms with Crippen molar-refractivity contribution in [3.05, 3.63) is 36.2 Å². The average molecular weight is 177 g/mol. The van der Waals surface area contributed by atoms with Crippen molar-refractivity contribution in [2.45, 2.75) is 33.6 Å². The Balaban J connectivity index is 2.74. The fourth-order valence-electron chi connectivity index (χ4n) is 1.64. The van der Waals surface area contributed by atoms with Crippen LogP contribution in [0.2, 0.25) is 0 Å². The van der Waals surface area contributed by atoms with Gasteiger partial charge in [-0.15, -0.1) is 0 Å². The zero-order valence-corrected chi connectivity index (χ0v) is 8.80. The molecule has 0 spiro atoms. The first-order valence-corrected chi connectivity index (χ1v) is 4.97. The molecule has 1 rings (SSSR count). The van der Waals surface area contributed by atoms with Gasteiger partial charge in [0.1, 0.15) is 0 Å². The van der Waals surface area contributed by atoms with Crippen molar-refractivity contribution in [2.24, 2.45) is 5.41 Å². The summed E-state index contributed by atoms with van der Waals surface area (Å²) in [4.78, 5) is 0. The summed E-state index contributed by atoms with van der Waals surface area (Å²) >= 11 is 0. The molecule has 0 saturated heterocycles. The lowest BCUT2D eigenvalue weighted by Gasteiger charge is -2.27. The number of hydrogen-bond acceptors (Lipinski definition) is 1. The first kappa shape index (κ1) is 10.1. The van der Waals surface area contributed by atoms with Crippen molar-refractivity contribution in [2.75, 3.05) is 0 Å². The molecule has 0 unspecified atom stereocenters. The fourth-order valence-corrected chi connectivity index (χ4v) is 1.64. The van der Waals surface area contributed by atoms with Gasteiger partial charge in [-0.05, 0) is 18.6 Å². The van der Waals surface area contributed by atoms with Gasteiger partial charge in [-0.3, -0.25) is 0 Å². The minimum absolute atomic E-state index is 0.258. The van der Waals surface area contributed by atoms with Crippen LogP contribution < -0.4 is 5.32 Å². The smallest absolute Gasteiger partial charge is 0.0203 e. The van der Waals surface area contributed by atoms with E-state index in [1.54, 1.807) is 0 Å². The van der Waals surface area contributed by atoms with Crippen molar-refractivity contribution >= 4 is 0 Å². The Bertz CT molecular complexity index is 244. The molecule has 0 aliphatic carbocycles. The zero-order valence-electron chi connectivity index (χ0n) is 8.80. The lowest BCUT2D eigenvalue weighted by molar-refractivity contribution is 0.386. The van der Waals surface area contributed by atoms with Gasteiger partial charge in [0.15, 0.2) is 0 Å². The van der Waals surface area contributed by atoms with Gasteiger partial charge in [0.2, 0.25) is 0 Å². The van der Waals surface area contributed by atoms with Crippen LogP contribution >= 0.6 is 0 Å². The molecule has 0 saturated carbocycles. The summed E-state index contributed by atoms with van der Waals surface area (Å²) in [6.45, 7) is 6.79. The summed E-state index contributed by atoms with van der Waals surface area (Å²) in [5.41, 5.74) is 1.56. The van der Waals surface area contributed by atoms with E-state index >= 15 is 0 Å². The summed E-state index contributed by atoms with van der Waals surface area (Å²) in [5, 5.41) is 3.32. The van der Waals surface area contributed by atoms with Crippen LogP contribution in [0.25, 0.3) is 0 Å². The third kappa shape index (κ3) is 2.76. The van der Waals surface area contributed by atoms with Crippen molar-refractivity contribution in [1.29, 1.82) is 0 Å². The Hall–Kier alpha value is -0.980. The molecular weight excluding hydrogens is 158 g/mol. The standard InChI is InChI=1S/C12H19N/c1-4-9-12(2,3)11-8-6-5-7-10-13-11/h5-8,10,13H,4,9H2,1-3H3. The van der Waals surface area contributed by atoms with Crippen molar-refractivity contribution < 1.29 is 0 Å². The predicted molar refractivity (Wildman–Crippen MR) is 58.2 cm³/mol. The van der Waals surface area contributed by atoms with Crippen molar-refractivity contribution in [3.8, 4) is 0 Å². The van der Waals surface area contributed by atoms with E-state index in [9.17, 15) is 0 Å². The van der Waals surface area contributed by atoms with Crippen molar-refractivity contribution in [1.82, 2.24) is 5.32 Å². The van der Waals surface area contributed by atoms with E-state index in [1.165, 1.54) is 18.5 Å². The molecule has 13 heavy (non-hydrogen) atoms. The molecule has 0 atom stereocenters. The first-order chi connectivity index (χ1) is 6.17. The molecule has 0 aromatic carbocycles. The molecule has 1 heterocycles. The Morgan fingerprint density at radius 2 is 2.00 bits per heavy atom. The number of hydrogen-bond donors (Lipinski definition) is 1. The van der Waals surface area contributed by atoms with E-state index in [-0.39, 0.29) is 5.41 Å². The van der Waals surface area contributed by atoms with Crippen LogP contribution in [0.1, 0.15) is 33.6 Å². The molecule has 1 N–H and O–H groups in total. The summed E-state index contributed by atoms with van der Waals surface area (Å²) in [7, 11) is 0. The van der Waals surface area contributed by atoms with E-state index in [0.717, 1.165) is 0 Å². The molecule has 0 aromatic rings. The highest BCUT2D eigenvalue weighted by molar-refractivity contribution is 5.24. The molecule has 0 radical (unpaired) electrons. The van der Waals surface area contributed by atoms with Gasteiger partial charge >= 0.3 is 0 Å². The van der Waals surface area contributed by atoms with E-state index in [0.29, 0.717) is 0 Å². The fraction of sp³-hybridized carbons (Fsp3) is 0.500. The predicted octanol–water partition coefficient (Wildman–Crippen LogP) is 3.37. The van der Waals surface area contributed by atoms with Crippen molar-refractivity contribution in [3.63, 3.8) is 0 Å². The van der Waals surface area contributed by atoms with Gasteiger partial charge in [-0.1, -0.05) is 39.3 Å². The topological polar surface area (TPSA) is 12.0 Å². The van der Waals surface area contributed by atoms with E-state index in [2.05, 4.69) is 38.2 Å². The third-order valence-electron chi connectivity index (χ3n) is 2.42. The molecule has 0 aromatic heterocycles. The summed E-state index contributed by atoms with van der Waals surface area (Å²) in [5.74, 6) is 0. The molecule has 1 aliphatic rings. The van der Waals surface area contributed by atoms with Gasteiger partial charge in [0.25, 0.3) is 0 Å². The number of nitrogens with one attached hydrogen (secondary N) is 1. The number of rotatable bonds is 3. The molecule has 72 valence electrons. The molecular formula is C12H19N. The first-order valence-electron chi connectivity index (χ1n) is 4.97. The van der Waals surface area contributed by atoms with Crippen LogP contribution in [0.15, 0.2) is 36.2 Å². The second-order valence-corrected chi connectivity index (χ2v) is 4.10. The lowest BCUT2D eigenvalue weighted by atomic mass is 9.84. The monoisotopic (exact) mass is 177 g/mol. The highest BCUT2D eigenvalue weighted by Crippen LogP contribution is 2.30. The van der Waals surface area contributed by atoms with Gasteiger partial charge in [0.05, 0.1) is 0 Å². The highest BCUT2D eigenvalue weighted by atomic mass is 14.9. The second kappa shape index (κ2) is 4.31. The summed E-state index contributed by atoms with van der Waals surface area (Å²) in [6, 6.07) is 0.